The first kappa shape index (κ1) is 15.3. The fraction of sp³-hybridized carbons (Fsp3) is 0.294. The third-order valence-corrected chi connectivity index (χ3v) is 4.34. The largest absolute Gasteiger partial charge is 0.295 e. The van der Waals surface area contributed by atoms with E-state index in [1.165, 1.54) is 0 Å². The maximum Gasteiger partial charge on any atom is 0.162 e. The molecule has 1 aromatic carbocycles. The molecule has 0 aliphatic carbocycles. The molecule has 2 heterocycles. The first-order valence-electron chi connectivity index (χ1n) is 7.17. The van der Waals surface area contributed by atoms with Gasteiger partial charge < -0.3 is 0 Å². The predicted octanol–water partition coefficient (Wildman–Crippen LogP) is 5.32. The van der Waals surface area contributed by atoms with E-state index in [1.807, 2.05) is 41.8 Å². The second kappa shape index (κ2) is 5.21. The van der Waals surface area contributed by atoms with Crippen molar-refractivity contribution in [2.24, 2.45) is 0 Å². The Bertz CT molecular complexity index is 916. The van der Waals surface area contributed by atoms with Crippen molar-refractivity contribution in [2.75, 3.05) is 0 Å². The van der Waals surface area contributed by atoms with Crippen LogP contribution in [0.5, 0.6) is 0 Å². The summed E-state index contributed by atoms with van der Waals surface area (Å²) in [5, 5.41) is 4.00. The molecule has 0 bridgehead atoms. The number of halogens is 1. The monoisotopic (exact) mass is 331 g/mol. The Morgan fingerprint density at radius 1 is 1.23 bits per heavy atom. The van der Waals surface area contributed by atoms with Crippen LogP contribution in [0.2, 0.25) is 5.02 Å². The normalized spacial score (nSPS) is 12.0. The molecule has 0 aliphatic heterocycles. The molecule has 5 heteroatoms. The minimum Gasteiger partial charge on any atom is -0.295 e. The molecule has 22 heavy (non-hydrogen) atoms. The Hall–Kier alpha value is -1.65. The van der Waals surface area contributed by atoms with Crippen LogP contribution in [0.4, 0.5) is 0 Å². The van der Waals surface area contributed by atoms with E-state index in [1.54, 1.807) is 0 Å². The summed E-state index contributed by atoms with van der Waals surface area (Å²) < 4.78 is 2.56. The van der Waals surface area contributed by atoms with Crippen molar-refractivity contribution >= 4 is 29.5 Å². The van der Waals surface area contributed by atoms with Crippen LogP contribution < -0.4 is 0 Å². The summed E-state index contributed by atoms with van der Waals surface area (Å²) in [5.41, 5.74) is 4.70. The van der Waals surface area contributed by atoms with Crippen molar-refractivity contribution < 1.29 is 0 Å². The van der Waals surface area contributed by atoms with Gasteiger partial charge in [0, 0.05) is 27.3 Å². The lowest BCUT2D eigenvalue weighted by Gasteiger charge is -2.17. The number of fused-ring (bicyclic) bond motifs is 1. The summed E-state index contributed by atoms with van der Waals surface area (Å²) >= 11 is 11.9. The third-order valence-electron chi connectivity index (χ3n) is 3.71. The van der Waals surface area contributed by atoms with Gasteiger partial charge in [0.1, 0.15) is 4.64 Å². The molecule has 0 saturated heterocycles. The first-order chi connectivity index (χ1) is 10.3. The molecule has 0 radical (unpaired) electrons. The van der Waals surface area contributed by atoms with Crippen molar-refractivity contribution in [1.29, 1.82) is 0 Å². The lowest BCUT2D eigenvalue weighted by atomic mass is 9.92. The van der Waals surface area contributed by atoms with Crippen LogP contribution >= 0.6 is 23.8 Å². The zero-order valence-corrected chi connectivity index (χ0v) is 14.6. The highest BCUT2D eigenvalue weighted by molar-refractivity contribution is 7.71. The molecular weight excluding hydrogens is 314 g/mol. The van der Waals surface area contributed by atoms with Crippen molar-refractivity contribution in [3.05, 3.63) is 51.4 Å². The second-order valence-corrected chi connectivity index (χ2v) is 7.31. The lowest BCUT2D eigenvalue weighted by molar-refractivity contribution is 0.567. The van der Waals surface area contributed by atoms with Gasteiger partial charge in [-0.15, -0.1) is 0 Å². The van der Waals surface area contributed by atoms with Crippen LogP contribution in [0.25, 0.3) is 16.8 Å². The summed E-state index contributed by atoms with van der Waals surface area (Å²) in [4.78, 5) is 4.85. The minimum absolute atomic E-state index is 0.0642. The SMILES string of the molecule is Cc1[nH]n2c(=S)cc(C(C)(C)C)nc2c1-c1ccccc1Cl. The number of hydrogen-bond donors (Lipinski definition) is 1. The quantitative estimate of drug-likeness (QED) is 0.612. The number of nitrogens with zero attached hydrogens (tertiary/aromatic N) is 2. The number of hydrogen-bond acceptors (Lipinski definition) is 2. The topological polar surface area (TPSA) is 33.1 Å². The number of aromatic amines is 1. The predicted molar refractivity (Wildman–Crippen MR) is 94.3 cm³/mol. The van der Waals surface area contributed by atoms with Crippen molar-refractivity contribution in [1.82, 2.24) is 14.6 Å². The maximum atomic E-state index is 6.38. The molecule has 0 amide bonds. The maximum absolute atomic E-state index is 6.38. The molecule has 3 rings (SSSR count). The third kappa shape index (κ3) is 2.46. The molecule has 1 N–H and O–H groups in total. The number of benzene rings is 1. The van der Waals surface area contributed by atoms with Gasteiger partial charge in [-0.3, -0.25) is 5.10 Å². The van der Waals surface area contributed by atoms with E-state index in [0.29, 0.717) is 5.02 Å². The number of H-pyrrole nitrogens is 1. The van der Waals surface area contributed by atoms with E-state index in [-0.39, 0.29) is 5.41 Å². The molecule has 3 nitrogen and oxygen atoms in total. The van der Waals surface area contributed by atoms with E-state index in [0.717, 1.165) is 32.8 Å². The summed E-state index contributed by atoms with van der Waals surface area (Å²) in [5.74, 6) is 0. The summed E-state index contributed by atoms with van der Waals surface area (Å²) in [6, 6.07) is 9.76. The smallest absolute Gasteiger partial charge is 0.162 e. The highest BCUT2D eigenvalue weighted by atomic mass is 35.5. The Morgan fingerprint density at radius 2 is 1.91 bits per heavy atom. The van der Waals surface area contributed by atoms with Gasteiger partial charge in [-0.25, -0.2) is 9.50 Å². The lowest BCUT2D eigenvalue weighted by Crippen LogP contribution is -2.14. The van der Waals surface area contributed by atoms with Gasteiger partial charge >= 0.3 is 0 Å². The second-order valence-electron chi connectivity index (χ2n) is 6.48. The van der Waals surface area contributed by atoms with Crippen molar-refractivity contribution in [2.45, 2.75) is 33.1 Å². The van der Waals surface area contributed by atoms with Gasteiger partial charge in [-0.05, 0) is 19.1 Å². The van der Waals surface area contributed by atoms with Crippen LogP contribution in [-0.4, -0.2) is 14.6 Å². The van der Waals surface area contributed by atoms with Crippen LogP contribution in [0, 0.1) is 11.6 Å². The molecule has 3 aromatic rings. The molecule has 2 aromatic heterocycles. The standard InChI is InChI=1S/C17H18ClN3S/c1-10-15(11-7-5-6-8-12(11)18)16-19-13(17(2,3)4)9-14(22)21(16)20-10/h5-9,20H,1-4H3. The number of rotatable bonds is 1. The van der Waals surface area contributed by atoms with Crippen molar-refractivity contribution in [3.8, 4) is 11.1 Å². The van der Waals surface area contributed by atoms with Gasteiger partial charge in [-0.1, -0.05) is 62.8 Å². The fourth-order valence-electron chi connectivity index (χ4n) is 2.52. The molecule has 114 valence electrons. The van der Waals surface area contributed by atoms with Gasteiger partial charge in [0.2, 0.25) is 0 Å². The van der Waals surface area contributed by atoms with Crippen LogP contribution in [0.15, 0.2) is 30.3 Å². The van der Waals surface area contributed by atoms with Crippen LogP contribution in [0.3, 0.4) is 0 Å². The van der Waals surface area contributed by atoms with E-state index in [4.69, 9.17) is 28.8 Å². The molecule has 0 fully saturated rings. The molecule has 0 aliphatic rings. The number of aryl methyl sites for hydroxylation is 1. The molecule has 0 atom stereocenters. The van der Waals surface area contributed by atoms with Crippen molar-refractivity contribution in [3.63, 3.8) is 0 Å². The zero-order chi connectivity index (χ0) is 16.1. The Morgan fingerprint density at radius 3 is 2.55 bits per heavy atom. The fourth-order valence-corrected chi connectivity index (χ4v) is 2.99. The highest BCUT2D eigenvalue weighted by Gasteiger charge is 2.20. The Kier molecular flexibility index (Phi) is 3.62. The molecular formula is C17H18ClN3S. The first-order valence-corrected chi connectivity index (χ1v) is 7.95. The molecule has 0 spiro atoms. The highest BCUT2D eigenvalue weighted by Crippen LogP contribution is 2.33. The Balaban J connectivity index is 2.41. The minimum atomic E-state index is -0.0642. The zero-order valence-electron chi connectivity index (χ0n) is 13.1. The average Bonchev–Trinajstić information content (AvgIpc) is 2.75. The van der Waals surface area contributed by atoms with Crippen LogP contribution in [-0.2, 0) is 5.41 Å². The van der Waals surface area contributed by atoms with Gasteiger partial charge in [0.05, 0.1) is 5.69 Å². The number of nitrogens with one attached hydrogen (secondary N) is 1. The summed E-state index contributed by atoms with van der Waals surface area (Å²) in [6.45, 7) is 8.42. The molecule has 0 saturated carbocycles. The van der Waals surface area contributed by atoms with E-state index < -0.39 is 0 Å². The average molecular weight is 332 g/mol. The van der Waals surface area contributed by atoms with Crippen LogP contribution in [0.1, 0.15) is 32.2 Å². The van der Waals surface area contributed by atoms with Gasteiger partial charge in [0.15, 0.2) is 5.65 Å². The van der Waals surface area contributed by atoms with E-state index >= 15 is 0 Å². The summed E-state index contributed by atoms with van der Waals surface area (Å²) in [6.07, 6.45) is 0. The number of aromatic nitrogens is 3. The van der Waals surface area contributed by atoms with E-state index in [9.17, 15) is 0 Å². The van der Waals surface area contributed by atoms with Gasteiger partial charge in [0.25, 0.3) is 0 Å². The molecule has 0 unspecified atom stereocenters. The Labute approximate surface area is 140 Å². The summed E-state index contributed by atoms with van der Waals surface area (Å²) in [7, 11) is 0. The van der Waals surface area contributed by atoms with E-state index in [2.05, 4.69) is 25.9 Å². The van der Waals surface area contributed by atoms with Gasteiger partial charge in [-0.2, -0.15) is 0 Å².